The first-order valence-electron chi connectivity index (χ1n) is 17.6. The molecule has 0 bridgehead atoms. The minimum absolute atomic E-state index is 0.879. The Morgan fingerprint density at radius 1 is 0.442 bits per heavy atom. The normalized spacial score (nSPS) is 11.8. The van der Waals surface area contributed by atoms with Crippen molar-refractivity contribution < 1.29 is 4.42 Å². The molecule has 8 aromatic carbocycles. The zero-order valence-corrected chi connectivity index (χ0v) is 28.8. The number of hydrogen-bond donors (Lipinski definition) is 0. The van der Waals surface area contributed by atoms with Gasteiger partial charge in [-0.3, -0.25) is 0 Å². The number of fused-ring (bicyclic) bond motifs is 9. The largest absolute Gasteiger partial charge is 0.456 e. The van der Waals surface area contributed by atoms with Gasteiger partial charge < -0.3 is 13.9 Å². The molecule has 0 amide bonds. The third kappa shape index (κ3) is 4.38. The number of hydrogen-bond acceptors (Lipinski definition) is 3. The van der Waals surface area contributed by atoms with Crippen LogP contribution < -0.4 is 4.90 Å². The highest BCUT2D eigenvalue weighted by atomic mass is 32.1. The molecule has 0 aliphatic carbocycles. The molecular weight excluding hydrogens is 653 g/mol. The highest BCUT2D eigenvalue weighted by Gasteiger charge is 2.23. The summed E-state index contributed by atoms with van der Waals surface area (Å²) in [6.07, 6.45) is 0. The first-order valence-corrected chi connectivity index (χ1v) is 18.4. The van der Waals surface area contributed by atoms with E-state index in [4.69, 9.17) is 4.42 Å². The summed E-state index contributed by atoms with van der Waals surface area (Å²) in [6.45, 7) is 0. The summed E-state index contributed by atoms with van der Waals surface area (Å²) in [6, 6.07) is 65.4. The van der Waals surface area contributed by atoms with Crippen LogP contribution in [0.4, 0.5) is 17.1 Å². The SMILES string of the molecule is c1ccc(-c2ccc(-n3c4ccccc4c4cc(N(c5cccc6c5sc5ccccc56)c5cccc6oc7ccccc7c56)ccc43)cc2)cc1. The van der Waals surface area contributed by atoms with Crippen molar-refractivity contribution in [3.05, 3.63) is 182 Å². The predicted molar refractivity (Wildman–Crippen MR) is 221 cm³/mol. The monoisotopic (exact) mass is 682 g/mol. The van der Waals surface area contributed by atoms with E-state index in [1.54, 1.807) is 0 Å². The van der Waals surface area contributed by atoms with Gasteiger partial charge in [-0.1, -0.05) is 115 Å². The van der Waals surface area contributed by atoms with E-state index in [-0.39, 0.29) is 0 Å². The molecule has 0 aliphatic rings. The summed E-state index contributed by atoms with van der Waals surface area (Å²) in [5.41, 5.74) is 11.0. The zero-order chi connectivity index (χ0) is 34.2. The molecule has 4 heteroatoms. The van der Waals surface area contributed by atoms with Crippen LogP contribution in [0.25, 0.3) is 80.7 Å². The van der Waals surface area contributed by atoms with Gasteiger partial charge in [0.05, 0.1) is 32.5 Å². The maximum absolute atomic E-state index is 6.44. The Morgan fingerprint density at radius 3 is 1.98 bits per heavy atom. The molecule has 0 saturated heterocycles. The number of nitrogens with zero attached hydrogens (tertiary/aromatic N) is 2. The summed E-state index contributed by atoms with van der Waals surface area (Å²) in [5, 5.41) is 7.20. The number of anilines is 3. The van der Waals surface area contributed by atoms with Crippen molar-refractivity contribution in [1.82, 2.24) is 4.57 Å². The Kier molecular flexibility index (Phi) is 6.42. The van der Waals surface area contributed by atoms with E-state index < -0.39 is 0 Å². The van der Waals surface area contributed by atoms with Gasteiger partial charge in [-0.05, 0) is 77.9 Å². The molecule has 3 heterocycles. The minimum atomic E-state index is 0.879. The molecule has 11 aromatic rings. The first-order chi connectivity index (χ1) is 25.8. The smallest absolute Gasteiger partial charge is 0.137 e. The van der Waals surface area contributed by atoms with Crippen LogP contribution in [0.3, 0.4) is 0 Å². The van der Waals surface area contributed by atoms with E-state index in [1.165, 1.54) is 53.1 Å². The highest BCUT2D eigenvalue weighted by molar-refractivity contribution is 7.26. The highest BCUT2D eigenvalue weighted by Crippen LogP contribution is 2.48. The second-order valence-corrected chi connectivity index (χ2v) is 14.4. The topological polar surface area (TPSA) is 21.3 Å². The molecule has 0 unspecified atom stereocenters. The average Bonchev–Trinajstić information content (AvgIpc) is 3.89. The van der Waals surface area contributed by atoms with E-state index in [2.05, 4.69) is 185 Å². The lowest BCUT2D eigenvalue weighted by atomic mass is 10.1. The van der Waals surface area contributed by atoms with Crippen molar-refractivity contribution in [3.8, 4) is 16.8 Å². The number of para-hydroxylation sites is 2. The third-order valence-corrected chi connectivity index (χ3v) is 11.6. The van der Waals surface area contributed by atoms with Gasteiger partial charge in [0, 0.05) is 43.0 Å². The zero-order valence-electron chi connectivity index (χ0n) is 28.0. The van der Waals surface area contributed by atoms with Crippen LogP contribution in [0.1, 0.15) is 0 Å². The van der Waals surface area contributed by atoms with Gasteiger partial charge in [-0.25, -0.2) is 0 Å². The molecule has 3 nitrogen and oxygen atoms in total. The van der Waals surface area contributed by atoms with Gasteiger partial charge in [-0.15, -0.1) is 11.3 Å². The van der Waals surface area contributed by atoms with Crippen molar-refractivity contribution in [2.24, 2.45) is 0 Å². The van der Waals surface area contributed by atoms with Gasteiger partial charge in [0.1, 0.15) is 11.2 Å². The molecular formula is C48H30N2OS. The van der Waals surface area contributed by atoms with Gasteiger partial charge >= 0.3 is 0 Å². The maximum atomic E-state index is 6.44. The number of furan rings is 1. The van der Waals surface area contributed by atoms with Crippen LogP contribution in [0, 0.1) is 0 Å². The Labute approximate surface area is 303 Å². The lowest BCUT2D eigenvalue weighted by Crippen LogP contribution is -2.10. The Hall–Kier alpha value is -6.62. The number of benzene rings is 8. The van der Waals surface area contributed by atoms with E-state index in [1.807, 2.05) is 17.4 Å². The lowest BCUT2D eigenvalue weighted by molar-refractivity contribution is 0.669. The first kappa shape index (κ1) is 29.1. The summed E-state index contributed by atoms with van der Waals surface area (Å²) < 4.78 is 11.4. The van der Waals surface area contributed by atoms with Gasteiger partial charge in [0.2, 0.25) is 0 Å². The van der Waals surface area contributed by atoms with Gasteiger partial charge in [-0.2, -0.15) is 0 Å². The van der Waals surface area contributed by atoms with Crippen LogP contribution in [0.15, 0.2) is 186 Å². The Bertz CT molecular complexity index is 3130. The van der Waals surface area contributed by atoms with Crippen molar-refractivity contribution in [2.45, 2.75) is 0 Å². The maximum Gasteiger partial charge on any atom is 0.137 e. The van der Waals surface area contributed by atoms with Crippen LogP contribution in [-0.2, 0) is 0 Å². The standard InChI is InChI=1S/C48H30N2OS/c1-2-12-31(13-3-1)32-24-26-33(27-25-32)49-40-18-7-4-14-35(40)39-30-34(28-29-41(39)49)50(42-19-11-22-45-47(42)38-16-5-8-21-44(38)51-45)43-20-10-17-37-36-15-6-9-23-46(36)52-48(37)43/h1-30H. The summed E-state index contributed by atoms with van der Waals surface area (Å²) >= 11 is 1.85. The molecule has 0 fully saturated rings. The molecule has 0 aliphatic heterocycles. The Balaban J connectivity index is 1.17. The van der Waals surface area contributed by atoms with Crippen LogP contribution in [0.2, 0.25) is 0 Å². The lowest BCUT2D eigenvalue weighted by Gasteiger charge is -2.27. The average molecular weight is 683 g/mol. The van der Waals surface area contributed by atoms with Gasteiger partial charge in [0.25, 0.3) is 0 Å². The van der Waals surface area contributed by atoms with Crippen molar-refractivity contribution in [2.75, 3.05) is 4.90 Å². The fourth-order valence-electron chi connectivity index (χ4n) is 8.07. The molecule has 0 atom stereocenters. The van der Waals surface area contributed by atoms with E-state index in [9.17, 15) is 0 Å². The van der Waals surface area contributed by atoms with Crippen LogP contribution in [-0.4, -0.2) is 4.57 Å². The minimum Gasteiger partial charge on any atom is -0.456 e. The van der Waals surface area contributed by atoms with E-state index >= 15 is 0 Å². The quantitative estimate of drug-likeness (QED) is 0.180. The number of thiophene rings is 1. The molecule has 244 valence electrons. The molecule has 0 N–H and O–H groups in total. The van der Waals surface area contributed by atoms with E-state index in [0.717, 1.165) is 44.7 Å². The van der Waals surface area contributed by atoms with Crippen molar-refractivity contribution >= 4 is 92.3 Å². The van der Waals surface area contributed by atoms with Crippen molar-refractivity contribution in [3.63, 3.8) is 0 Å². The molecule has 52 heavy (non-hydrogen) atoms. The van der Waals surface area contributed by atoms with E-state index in [0.29, 0.717) is 0 Å². The Morgan fingerprint density at radius 2 is 1.10 bits per heavy atom. The molecule has 11 rings (SSSR count). The van der Waals surface area contributed by atoms with Crippen molar-refractivity contribution in [1.29, 1.82) is 0 Å². The second-order valence-electron chi connectivity index (χ2n) is 13.3. The van der Waals surface area contributed by atoms with Crippen LogP contribution in [0.5, 0.6) is 0 Å². The number of aromatic nitrogens is 1. The molecule has 0 radical (unpaired) electrons. The second kappa shape index (κ2) is 11.5. The third-order valence-electron chi connectivity index (χ3n) is 10.4. The summed E-state index contributed by atoms with van der Waals surface area (Å²) in [5.74, 6) is 0. The predicted octanol–water partition coefficient (Wildman–Crippen LogP) is 14.2. The molecule has 3 aromatic heterocycles. The fourth-order valence-corrected chi connectivity index (χ4v) is 9.28. The molecule has 0 spiro atoms. The van der Waals surface area contributed by atoms with Crippen LogP contribution >= 0.6 is 11.3 Å². The summed E-state index contributed by atoms with van der Waals surface area (Å²) in [7, 11) is 0. The number of rotatable bonds is 5. The fraction of sp³-hybridized carbons (Fsp3) is 0. The molecule has 0 saturated carbocycles. The van der Waals surface area contributed by atoms with Gasteiger partial charge in [0.15, 0.2) is 0 Å². The summed E-state index contributed by atoms with van der Waals surface area (Å²) in [4.78, 5) is 2.45.